The minimum Gasteiger partial charge on any atom is -0.478 e. The molecular weight excluding hydrogens is 309 g/mol. The zero-order chi connectivity index (χ0) is 16.4. The number of aromatic nitrogens is 1. The second-order valence-corrected chi connectivity index (χ2v) is 3.79. The quantitative estimate of drug-likeness (QED) is 0.517. The Balaban J connectivity index is 3.37. The van der Waals surface area contributed by atoms with E-state index in [2.05, 4.69) is 9.72 Å². The molecule has 1 rings (SSSR count). The molecule has 21 heavy (non-hydrogen) atoms. The summed E-state index contributed by atoms with van der Waals surface area (Å²) in [6.45, 7) is 1.37. The van der Waals surface area contributed by atoms with Crippen LogP contribution in [0.1, 0.15) is 30.2 Å². The lowest BCUT2D eigenvalue weighted by atomic mass is 10.1. The minimum atomic E-state index is -5.96. The zero-order valence-corrected chi connectivity index (χ0v) is 10.4. The predicted molar refractivity (Wildman–Crippen MR) is 57.6 cm³/mol. The Morgan fingerprint density at radius 2 is 1.86 bits per heavy atom. The van der Waals surface area contributed by atoms with Crippen LogP contribution in [0.5, 0.6) is 0 Å². The Bertz CT molecular complexity index is 528. The van der Waals surface area contributed by atoms with Crippen LogP contribution in [0, 0.1) is 5.41 Å². The Morgan fingerprint density at radius 3 is 2.29 bits per heavy atom. The van der Waals surface area contributed by atoms with Gasteiger partial charge in [0.05, 0.1) is 12.2 Å². The van der Waals surface area contributed by atoms with Gasteiger partial charge in [-0.25, -0.2) is 8.78 Å². The molecule has 3 nitrogen and oxygen atoms in total. The van der Waals surface area contributed by atoms with Crippen LogP contribution in [0.25, 0.3) is 0 Å². The first-order chi connectivity index (χ1) is 9.52. The van der Waals surface area contributed by atoms with Crippen LogP contribution in [-0.4, -0.2) is 23.7 Å². The highest BCUT2D eigenvalue weighted by Crippen LogP contribution is 2.43. The number of rotatable bonds is 4. The van der Waals surface area contributed by atoms with E-state index < -0.39 is 41.2 Å². The van der Waals surface area contributed by atoms with Gasteiger partial charge in [-0.2, -0.15) is 22.0 Å². The van der Waals surface area contributed by atoms with Gasteiger partial charge in [0.15, 0.2) is 0 Å². The van der Waals surface area contributed by atoms with Gasteiger partial charge in [0.25, 0.3) is 6.43 Å². The Labute approximate surface area is 114 Å². The van der Waals surface area contributed by atoms with Crippen LogP contribution in [0.3, 0.4) is 0 Å². The van der Waals surface area contributed by atoms with Gasteiger partial charge in [-0.05, 0) is 13.0 Å². The second-order valence-electron chi connectivity index (χ2n) is 3.79. The molecule has 0 aliphatic rings. The minimum absolute atomic E-state index is 0.0675. The van der Waals surface area contributed by atoms with Gasteiger partial charge in [-0.1, -0.05) is 0 Å². The number of halogens is 7. The summed E-state index contributed by atoms with van der Waals surface area (Å²) in [6.07, 6.45) is -8.99. The first kappa shape index (κ1) is 17.2. The molecule has 0 fully saturated rings. The molecule has 0 aliphatic carbocycles. The summed E-state index contributed by atoms with van der Waals surface area (Å²) in [6, 6.07) is -0.0684. The van der Waals surface area contributed by atoms with Crippen molar-refractivity contribution in [3.05, 3.63) is 29.1 Å². The lowest BCUT2D eigenvalue weighted by Gasteiger charge is -2.20. The molecule has 0 saturated carbocycles. The van der Waals surface area contributed by atoms with Gasteiger partial charge >= 0.3 is 12.1 Å². The number of ether oxygens (including phenoxy) is 1. The summed E-state index contributed by atoms with van der Waals surface area (Å²) in [5.41, 5.74) is -3.69. The summed E-state index contributed by atoms with van der Waals surface area (Å²) in [5, 5.41) is 7.31. The molecule has 0 amide bonds. The summed E-state index contributed by atoms with van der Waals surface area (Å²) >= 11 is 0. The van der Waals surface area contributed by atoms with Crippen LogP contribution in [0.15, 0.2) is 12.3 Å². The monoisotopic (exact) mass is 318 g/mol. The molecule has 0 atom stereocenters. The van der Waals surface area contributed by atoms with Crippen LogP contribution >= 0.6 is 0 Å². The third-order valence-electron chi connectivity index (χ3n) is 2.38. The van der Waals surface area contributed by atoms with Crippen molar-refractivity contribution < 1.29 is 35.5 Å². The van der Waals surface area contributed by atoms with E-state index in [4.69, 9.17) is 5.41 Å². The van der Waals surface area contributed by atoms with Crippen molar-refractivity contribution in [1.82, 2.24) is 4.98 Å². The Kier molecular flexibility index (Phi) is 4.79. The van der Waals surface area contributed by atoms with E-state index in [1.807, 2.05) is 0 Å². The van der Waals surface area contributed by atoms with Crippen molar-refractivity contribution in [3.63, 3.8) is 0 Å². The van der Waals surface area contributed by atoms with Crippen molar-refractivity contribution >= 4 is 5.90 Å². The Hall–Kier alpha value is -1.87. The van der Waals surface area contributed by atoms with Crippen LogP contribution < -0.4 is 0 Å². The van der Waals surface area contributed by atoms with E-state index in [0.717, 1.165) is 0 Å². The van der Waals surface area contributed by atoms with Gasteiger partial charge in [-0.3, -0.25) is 10.4 Å². The fourth-order valence-electron chi connectivity index (χ4n) is 1.38. The second kappa shape index (κ2) is 5.86. The molecule has 1 aromatic rings. The van der Waals surface area contributed by atoms with E-state index in [9.17, 15) is 30.7 Å². The SMILES string of the molecule is CCOC(=N)c1cnc(C(F)(F)C(F)(F)F)cc1C(F)F. The zero-order valence-electron chi connectivity index (χ0n) is 10.4. The highest BCUT2D eigenvalue weighted by molar-refractivity contribution is 5.93. The lowest BCUT2D eigenvalue weighted by molar-refractivity contribution is -0.291. The molecule has 0 spiro atoms. The normalized spacial score (nSPS) is 12.6. The first-order valence-corrected chi connectivity index (χ1v) is 5.47. The van der Waals surface area contributed by atoms with Crippen LogP contribution in [0.4, 0.5) is 30.7 Å². The standard InChI is InChI=1S/C11H9F7N2O/c1-2-21-9(19)6-4-20-7(3-5(6)8(12)13)10(14,15)11(16,17)18/h3-4,8,19H,2H2,1H3. The van der Waals surface area contributed by atoms with Gasteiger partial charge in [0.1, 0.15) is 5.69 Å². The Morgan fingerprint density at radius 1 is 1.29 bits per heavy atom. The fourth-order valence-corrected chi connectivity index (χ4v) is 1.38. The van der Waals surface area contributed by atoms with Gasteiger partial charge < -0.3 is 4.74 Å². The van der Waals surface area contributed by atoms with Gasteiger partial charge in [0, 0.05) is 11.8 Å². The molecule has 10 heteroatoms. The molecular formula is C11H9F7N2O. The number of alkyl halides is 7. The highest BCUT2D eigenvalue weighted by atomic mass is 19.4. The summed E-state index contributed by atoms with van der Waals surface area (Å²) in [5.74, 6) is -6.16. The molecule has 0 unspecified atom stereocenters. The summed E-state index contributed by atoms with van der Waals surface area (Å²) < 4.78 is 92.9. The van der Waals surface area contributed by atoms with Crippen molar-refractivity contribution in [2.45, 2.75) is 25.4 Å². The van der Waals surface area contributed by atoms with Crippen molar-refractivity contribution in [2.24, 2.45) is 0 Å². The van der Waals surface area contributed by atoms with Crippen molar-refractivity contribution in [2.75, 3.05) is 6.61 Å². The maximum atomic E-state index is 13.1. The molecule has 0 radical (unpaired) electrons. The lowest BCUT2D eigenvalue weighted by Crippen LogP contribution is -2.34. The fraction of sp³-hybridized carbons (Fsp3) is 0.455. The third-order valence-corrected chi connectivity index (χ3v) is 2.38. The molecule has 118 valence electrons. The number of nitrogens with zero attached hydrogens (tertiary/aromatic N) is 1. The average molecular weight is 318 g/mol. The van der Waals surface area contributed by atoms with Crippen LogP contribution in [0.2, 0.25) is 0 Å². The van der Waals surface area contributed by atoms with E-state index in [-0.39, 0.29) is 12.7 Å². The van der Waals surface area contributed by atoms with Gasteiger partial charge in [-0.15, -0.1) is 0 Å². The molecule has 0 saturated heterocycles. The maximum Gasteiger partial charge on any atom is 0.459 e. The molecule has 1 aromatic heterocycles. The van der Waals surface area contributed by atoms with E-state index >= 15 is 0 Å². The first-order valence-electron chi connectivity index (χ1n) is 5.47. The topological polar surface area (TPSA) is 46.0 Å². The maximum absolute atomic E-state index is 13.1. The number of nitrogens with one attached hydrogen (secondary N) is 1. The van der Waals surface area contributed by atoms with E-state index in [1.54, 1.807) is 0 Å². The number of hydrogen-bond donors (Lipinski definition) is 1. The van der Waals surface area contributed by atoms with Crippen molar-refractivity contribution in [3.8, 4) is 0 Å². The smallest absolute Gasteiger partial charge is 0.459 e. The molecule has 1 heterocycles. The van der Waals surface area contributed by atoms with Crippen LogP contribution in [-0.2, 0) is 10.7 Å². The largest absolute Gasteiger partial charge is 0.478 e. The van der Waals surface area contributed by atoms with E-state index in [0.29, 0.717) is 6.20 Å². The number of pyridine rings is 1. The average Bonchev–Trinajstić information content (AvgIpc) is 2.36. The summed E-state index contributed by atoms with van der Waals surface area (Å²) in [4.78, 5) is 2.84. The van der Waals surface area contributed by atoms with Gasteiger partial charge in [0.2, 0.25) is 5.90 Å². The molecule has 0 bridgehead atoms. The summed E-state index contributed by atoms with van der Waals surface area (Å²) in [7, 11) is 0. The molecule has 0 aromatic carbocycles. The number of hydrogen-bond acceptors (Lipinski definition) is 3. The predicted octanol–water partition coefficient (Wildman–Crippen LogP) is 4.04. The third kappa shape index (κ3) is 3.42. The molecule has 0 aliphatic heterocycles. The van der Waals surface area contributed by atoms with E-state index in [1.165, 1.54) is 6.92 Å². The van der Waals surface area contributed by atoms with Crippen molar-refractivity contribution in [1.29, 1.82) is 5.41 Å². The highest BCUT2D eigenvalue weighted by Gasteiger charge is 2.60. The molecule has 1 N–H and O–H groups in total.